The third-order valence-corrected chi connectivity index (χ3v) is 4.49. The third-order valence-electron chi connectivity index (χ3n) is 3.64. The summed E-state index contributed by atoms with van der Waals surface area (Å²) in [5.74, 6) is -0.00863. The summed E-state index contributed by atoms with van der Waals surface area (Å²) in [4.78, 5) is 28.8. The Morgan fingerprint density at radius 2 is 1.86 bits per heavy atom. The van der Waals surface area contributed by atoms with Crippen LogP contribution in [0.3, 0.4) is 0 Å². The number of amides is 2. The summed E-state index contributed by atoms with van der Waals surface area (Å²) < 4.78 is 0. The second kappa shape index (κ2) is 5.33. The molecule has 1 aliphatic heterocycles. The number of thiophene rings is 1. The lowest BCUT2D eigenvalue weighted by Crippen LogP contribution is -2.51. The van der Waals surface area contributed by atoms with Gasteiger partial charge in [-0.15, -0.1) is 11.3 Å². The SMILES string of the molecule is CC(=O)N1c2ccccc2N(C(=O)c2cccs2)C[C@@H]1C. The quantitative estimate of drug-likeness (QED) is 0.811. The second-order valence-electron chi connectivity index (χ2n) is 5.12. The highest BCUT2D eigenvalue weighted by Crippen LogP contribution is 2.36. The van der Waals surface area contributed by atoms with Crippen LogP contribution in [0.1, 0.15) is 23.5 Å². The highest BCUT2D eigenvalue weighted by atomic mass is 32.1. The van der Waals surface area contributed by atoms with Crippen LogP contribution in [-0.2, 0) is 4.79 Å². The average Bonchev–Trinajstić information content (AvgIpc) is 2.99. The predicted octanol–water partition coefficient (Wildman–Crippen LogP) is 3.15. The van der Waals surface area contributed by atoms with Crippen LogP contribution in [-0.4, -0.2) is 24.4 Å². The lowest BCUT2D eigenvalue weighted by Gasteiger charge is -2.40. The van der Waals surface area contributed by atoms with Crippen LogP contribution in [0.15, 0.2) is 41.8 Å². The van der Waals surface area contributed by atoms with Crippen molar-refractivity contribution in [2.24, 2.45) is 0 Å². The van der Waals surface area contributed by atoms with Crippen LogP contribution in [0, 0.1) is 0 Å². The number of fused-ring (bicyclic) bond motifs is 1. The van der Waals surface area contributed by atoms with Gasteiger partial charge in [0.25, 0.3) is 5.91 Å². The number of rotatable bonds is 1. The highest BCUT2D eigenvalue weighted by Gasteiger charge is 2.33. The first kappa shape index (κ1) is 13.8. The molecule has 0 N–H and O–H groups in total. The Kier molecular flexibility index (Phi) is 3.51. The third kappa shape index (κ3) is 2.34. The summed E-state index contributed by atoms with van der Waals surface area (Å²) in [7, 11) is 0. The zero-order chi connectivity index (χ0) is 15.0. The van der Waals surface area contributed by atoms with Crippen molar-refractivity contribution in [1.29, 1.82) is 0 Å². The van der Waals surface area contributed by atoms with Gasteiger partial charge < -0.3 is 9.80 Å². The molecule has 0 fully saturated rings. The first-order chi connectivity index (χ1) is 10.1. The number of para-hydroxylation sites is 2. The van der Waals surface area contributed by atoms with Crippen molar-refractivity contribution in [2.75, 3.05) is 16.3 Å². The number of anilines is 2. The average molecular weight is 300 g/mol. The molecule has 4 nitrogen and oxygen atoms in total. The first-order valence-electron chi connectivity index (χ1n) is 6.84. The van der Waals surface area contributed by atoms with Gasteiger partial charge in [-0.2, -0.15) is 0 Å². The molecular formula is C16H16N2O2S. The Balaban J connectivity index is 2.06. The molecule has 5 heteroatoms. The Bertz CT molecular complexity index is 681. The minimum Gasteiger partial charge on any atom is -0.306 e. The number of hydrogen-bond acceptors (Lipinski definition) is 3. The number of nitrogens with zero attached hydrogens (tertiary/aromatic N) is 2. The van der Waals surface area contributed by atoms with Gasteiger partial charge in [0.2, 0.25) is 5.91 Å². The number of carbonyl (C=O) groups is 2. The summed E-state index contributed by atoms with van der Waals surface area (Å²) in [6.07, 6.45) is 0. The van der Waals surface area contributed by atoms with Crippen molar-refractivity contribution in [3.63, 3.8) is 0 Å². The van der Waals surface area contributed by atoms with Crippen LogP contribution < -0.4 is 9.80 Å². The van der Waals surface area contributed by atoms with Gasteiger partial charge >= 0.3 is 0 Å². The van der Waals surface area contributed by atoms with Gasteiger partial charge in [-0.05, 0) is 30.5 Å². The summed E-state index contributed by atoms with van der Waals surface area (Å²) >= 11 is 1.44. The number of hydrogen-bond donors (Lipinski definition) is 0. The fourth-order valence-corrected chi connectivity index (χ4v) is 3.46. The smallest absolute Gasteiger partial charge is 0.268 e. The summed E-state index contributed by atoms with van der Waals surface area (Å²) in [5.41, 5.74) is 1.60. The molecular weight excluding hydrogens is 284 g/mol. The van der Waals surface area contributed by atoms with E-state index in [4.69, 9.17) is 0 Å². The molecule has 2 aromatic rings. The molecule has 21 heavy (non-hydrogen) atoms. The van der Waals surface area contributed by atoms with Crippen LogP contribution in [0.4, 0.5) is 11.4 Å². The van der Waals surface area contributed by atoms with E-state index in [-0.39, 0.29) is 17.9 Å². The maximum absolute atomic E-state index is 12.7. The number of benzene rings is 1. The zero-order valence-electron chi connectivity index (χ0n) is 11.9. The molecule has 0 radical (unpaired) electrons. The van der Waals surface area contributed by atoms with Gasteiger partial charge in [0.1, 0.15) is 0 Å². The summed E-state index contributed by atoms with van der Waals surface area (Å²) in [6, 6.07) is 11.2. The normalized spacial score (nSPS) is 17.5. The molecule has 0 spiro atoms. The summed E-state index contributed by atoms with van der Waals surface area (Å²) in [5, 5.41) is 1.90. The van der Waals surface area contributed by atoms with E-state index in [1.165, 1.54) is 11.3 Å². The van der Waals surface area contributed by atoms with E-state index < -0.39 is 0 Å². The van der Waals surface area contributed by atoms with Crippen molar-refractivity contribution < 1.29 is 9.59 Å². The van der Waals surface area contributed by atoms with Gasteiger partial charge in [-0.1, -0.05) is 18.2 Å². The Hall–Kier alpha value is -2.14. The molecule has 1 atom stereocenters. The van der Waals surface area contributed by atoms with Gasteiger partial charge in [0.05, 0.1) is 22.3 Å². The standard InChI is InChI=1S/C16H16N2O2S/c1-11-10-17(16(20)15-8-5-9-21-15)13-6-3-4-7-14(13)18(11)12(2)19/h3-9,11H,10H2,1-2H3/t11-/m0/s1. The topological polar surface area (TPSA) is 40.6 Å². The molecule has 1 aromatic carbocycles. The molecule has 1 aliphatic rings. The number of carbonyl (C=O) groups excluding carboxylic acids is 2. The fraction of sp³-hybridized carbons (Fsp3) is 0.250. The van der Waals surface area contributed by atoms with Crippen LogP contribution in [0.5, 0.6) is 0 Å². The van der Waals surface area contributed by atoms with E-state index in [0.29, 0.717) is 11.4 Å². The van der Waals surface area contributed by atoms with Crippen molar-refractivity contribution in [3.8, 4) is 0 Å². The molecule has 3 rings (SSSR count). The van der Waals surface area contributed by atoms with Crippen LogP contribution >= 0.6 is 11.3 Å². The maximum atomic E-state index is 12.7. The minimum absolute atomic E-state index is 0.00169. The van der Waals surface area contributed by atoms with Crippen LogP contribution in [0.25, 0.3) is 0 Å². The first-order valence-corrected chi connectivity index (χ1v) is 7.71. The Morgan fingerprint density at radius 3 is 2.48 bits per heavy atom. The van der Waals surface area contributed by atoms with Gasteiger partial charge in [-0.25, -0.2) is 0 Å². The highest BCUT2D eigenvalue weighted by molar-refractivity contribution is 7.12. The van der Waals surface area contributed by atoms with E-state index >= 15 is 0 Å². The fourth-order valence-electron chi connectivity index (χ4n) is 2.78. The van der Waals surface area contributed by atoms with E-state index in [1.807, 2.05) is 48.7 Å². The van der Waals surface area contributed by atoms with Crippen molar-refractivity contribution >= 4 is 34.5 Å². The molecule has 0 bridgehead atoms. The van der Waals surface area contributed by atoms with Crippen molar-refractivity contribution in [1.82, 2.24) is 0 Å². The molecule has 2 amide bonds. The lowest BCUT2D eigenvalue weighted by molar-refractivity contribution is -0.117. The second-order valence-corrected chi connectivity index (χ2v) is 6.07. The predicted molar refractivity (Wildman–Crippen MR) is 85.1 cm³/mol. The molecule has 0 saturated heterocycles. The van der Waals surface area contributed by atoms with Gasteiger partial charge in [-0.3, -0.25) is 9.59 Å². The Morgan fingerprint density at radius 1 is 1.14 bits per heavy atom. The lowest BCUT2D eigenvalue weighted by atomic mass is 10.1. The maximum Gasteiger partial charge on any atom is 0.268 e. The molecule has 2 heterocycles. The molecule has 0 unspecified atom stereocenters. The molecule has 108 valence electrons. The van der Waals surface area contributed by atoms with E-state index in [1.54, 1.807) is 16.7 Å². The van der Waals surface area contributed by atoms with Crippen molar-refractivity contribution in [2.45, 2.75) is 19.9 Å². The van der Waals surface area contributed by atoms with E-state index in [0.717, 1.165) is 11.4 Å². The molecule has 0 saturated carbocycles. The monoisotopic (exact) mass is 300 g/mol. The van der Waals surface area contributed by atoms with E-state index in [2.05, 4.69) is 0 Å². The van der Waals surface area contributed by atoms with Gasteiger partial charge in [0.15, 0.2) is 0 Å². The Labute approximate surface area is 127 Å². The van der Waals surface area contributed by atoms with Gasteiger partial charge in [0, 0.05) is 13.5 Å². The summed E-state index contributed by atoms with van der Waals surface area (Å²) in [6.45, 7) is 4.03. The molecule has 0 aliphatic carbocycles. The minimum atomic E-state index is -0.0405. The van der Waals surface area contributed by atoms with Crippen LogP contribution in [0.2, 0.25) is 0 Å². The zero-order valence-corrected chi connectivity index (χ0v) is 12.8. The largest absolute Gasteiger partial charge is 0.306 e. The van der Waals surface area contributed by atoms with E-state index in [9.17, 15) is 9.59 Å². The van der Waals surface area contributed by atoms with Crippen molar-refractivity contribution in [3.05, 3.63) is 46.7 Å². The molecule has 1 aromatic heterocycles.